The summed E-state index contributed by atoms with van der Waals surface area (Å²) in [5, 5.41) is 0.690. The van der Waals surface area contributed by atoms with Crippen molar-refractivity contribution in [2.75, 3.05) is 5.73 Å². The number of imidazole rings is 1. The highest BCUT2D eigenvalue weighted by Gasteiger charge is 2.03. The van der Waals surface area contributed by atoms with Gasteiger partial charge in [-0.1, -0.05) is 11.6 Å². The molecule has 19 heavy (non-hydrogen) atoms. The first-order chi connectivity index (χ1) is 9.20. The standard InChI is InChI=1S/C14H12ClN3O/c15-10-1-3-13(4-2-10)19-9-12-8-18-6-5-11(16)7-14(18)17-12/h1-8H,9,16H2. The number of benzene rings is 1. The Bertz CT molecular complexity index is 706. The number of pyridine rings is 1. The topological polar surface area (TPSA) is 52.5 Å². The quantitative estimate of drug-likeness (QED) is 0.797. The molecule has 1 aromatic carbocycles. The molecule has 96 valence electrons. The van der Waals surface area contributed by atoms with Gasteiger partial charge in [0.2, 0.25) is 0 Å². The summed E-state index contributed by atoms with van der Waals surface area (Å²) < 4.78 is 7.55. The van der Waals surface area contributed by atoms with E-state index in [0.29, 0.717) is 17.3 Å². The Labute approximate surface area is 115 Å². The summed E-state index contributed by atoms with van der Waals surface area (Å²) in [5.41, 5.74) is 8.07. The van der Waals surface area contributed by atoms with Gasteiger partial charge >= 0.3 is 0 Å². The fraction of sp³-hybridized carbons (Fsp3) is 0.0714. The van der Waals surface area contributed by atoms with Crippen molar-refractivity contribution in [3.8, 4) is 5.75 Å². The van der Waals surface area contributed by atoms with Gasteiger partial charge in [0.1, 0.15) is 18.0 Å². The maximum absolute atomic E-state index is 5.81. The lowest BCUT2D eigenvalue weighted by molar-refractivity contribution is 0.302. The molecule has 0 fully saturated rings. The Hall–Kier alpha value is -2.20. The van der Waals surface area contributed by atoms with E-state index in [1.165, 1.54) is 0 Å². The molecule has 0 spiro atoms. The van der Waals surface area contributed by atoms with Crippen LogP contribution >= 0.6 is 11.6 Å². The Kier molecular flexibility index (Phi) is 3.01. The molecule has 5 heteroatoms. The molecule has 2 aromatic heterocycles. The predicted octanol–water partition coefficient (Wildman–Crippen LogP) is 3.15. The summed E-state index contributed by atoms with van der Waals surface area (Å²) in [6, 6.07) is 10.9. The summed E-state index contributed by atoms with van der Waals surface area (Å²) in [7, 11) is 0. The molecule has 4 nitrogen and oxygen atoms in total. The van der Waals surface area contributed by atoms with Gasteiger partial charge in [0.05, 0.1) is 5.69 Å². The molecule has 0 unspecified atom stereocenters. The van der Waals surface area contributed by atoms with Gasteiger partial charge in [-0.15, -0.1) is 0 Å². The average molecular weight is 274 g/mol. The molecule has 0 aliphatic rings. The first kappa shape index (κ1) is 11.9. The number of nitrogens with zero attached hydrogens (tertiary/aromatic N) is 2. The smallest absolute Gasteiger partial charge is 0.139 e. The van der Waals surface area contributed by atoms with Crippen LogP contribution in [0.2, 0.25) is 5.02 Å². The third-order valence-corrected chi connectivity index (χ3v) is 2.99. The number of nitrogen functional groups attached to an aromatic ring is 1. The van der Waals surface area contributed by atoms with E-state index < -0.39 is 0 Å². The second-order valence-corrected chi connectivity index (χ2v) is 4.64. The van der Waals surface area contributed by atoms with Crippen LogP contribution in [-0.4, -0.2) is 9.38 Å². The van der Waals surface area contributed by atoms with Crippen molar-refractivity contribution in [2.45, 2.75) is 6.61 Å². The molecule has 0 atom stereocenters. The normalized spacial score (nSPS) is 10.8. The fourth-order valence-corrected chi connectivity index (χ4v) is 1.93. The molecule has 0 aliphatic heterocycles. The average Bonchev–Trinajstić information content (AvgIpc) is 2.80. The van der Waals surface area contributed by atoms with Gasteiger partial charge in [0.15, 0.2) is 0 Å². The van der Waals surface area contributed by atoms with Crippen molar-refractivity contribution in [3.63, 3.8) is 0 Å². The number of hydrogen-bond donors (Lipinski definition) is 1. The van der Waals surface area contributed by atoms with E-state index in [0.717, 1.165) is 17.1 Å². The van der Waals surface area contributed by atoms with E-state index >= 15 is 0 Å². The first-order valence-corrected chi connectivity index (χ1v) is 6.20. The van der Waals surface area contributed by atoms with Gasteiger partial charge < -0.3 is 14.9 Å². The van der Waals surface area contributed by atoms with Crippen LogP contribution in [0.15, 0.2) is 48.8 Å². The Balaban J connectivity index is 1.76. The third kappa shape index (κ3) is 2.63. The number of anilines is 1. The van der Waals surface area contributed by atoms with Gasteiger partial charge in [-0.25, -0.2) is 4.98 Å². The van der Waals surface area contributed by atoms with Crippen molar-refractivity contribution < 1.29 is 4.74 Å². The number of hydrogen-bond acceptors (Lipinski definition) is 3. The highest BCUT2D eigenvalue weighted by molar-refractivity contribution is 6.30. The maximum Gasteiger partial charge on any atom is 0.139 e. The molecule has 2 N–H and O–H groups in total. The largest absolute Gasteiger partial charge is 0.487 e. The second kappa shape index (κ2) is 4.82. The fourth-order valence-electron chi connectivity index (χ4n) is 1.81. The molecule has 2 heterocycles. The summed E-state index contributed by atoms with van der Waals surface area (Å²) in [6.07, 6.45) is 3.80. The molecule has 0 amide bonds. The van der Waals surface area contributed by atoms with Gasteiger partial charge in [-0.3, -0.25) is 0 Å². The van der Waals surface area contributed by atoms with Crippen LogP contribution in [0.3, 0.4) is 0 Å². The molecule has 0 bridgehead atoms. The second-order valence-electron chi connectivity index (χ2n) is 4.20. The van der Waals surface area contributed by atoms with E-state index in [2.05, 4.69) is 4.98 Å². The summed E-state index contributed by atoms with van der Waals surface area (Å²) in [5.74, 6) is 0.765. The highest BCUT2D eigenvalue weighted by Crippen LogP contribution is 2.17. The number of aromatic nitrogens is 2. The minimum atomic E-state index is 0.406. The third-order valence-electron chi connectivity index (χ3n) is 2.73. The minimum Gasteiger partial charge on any atom is -0.487 e. The van der Waals surface area contributed by atoms with E-state index in [1.807, 2.05) is 41.1 Å². The molecule has 0 saturated heterocycles. The van der Waals surface area contributed by atoms with Crippen LogP contribution in [0.25, 0.3) is 5.65 Å². The number of fused-ring (bicyclic) bond motifs is 1. The van der Waals surface area contributed by atoms with E-state index in [9.17, 15) is 0 Å². The van der Waals surface area contributed by atoms with E-state index in [1.54, 1.807) is 12.1 Å². The molecule has 0 aliphatic carbocycles. The van der Waals surface area contributed by atoms with E-state index in [4.69, 9.17) is 22.1 Å². The summed E-state index contributed by atoms with van der Waals surface area (Å²) in [4.78, 5) is 4.44. The van der Waals surface area contributed by atoms with Crippen LogP contribution in [0.5, 0.6) is 5.75 Å². The monoisotopic (exact) mass is 273 g/mol. The molecule has 0 radical (unpaired) electrons. The molecule has 3 aromatic rings. The van der Waals surface area contributed by atoms with Gasteiger partial charge in [-0.05, 0) is 30.3 Å². The molecule has 0 saturated carbocycles. The van der Waals surface area contributed by atoms with E-state index in [-0.39, 0.29) is 0 Å². The highest BCUT2D eigenvalue weighted by atomic mass is 35.5. The summed E-state index contributed by atoms with van der Waals surface area (Å²) >= 11 is 5.81. The number of rotatable bonds is 3. The Morgan fingerprint density at radius 2 is 2.00 bits per heavy atom. The lowest BCUT2D eigenvalue weighted by Gasteiger charge is -2.03. The molecular weight excluding hydrogens is 262 g/mol. The van der Waals surface area contributed by atoms with Crippen LogP contribution in [-0.2, 0) is 6.61 Å². The first-order valence-electron chi connectivity index (χ1n) is 5.82. The molecular formula is C14H12ClN3O. The minimum absolute atomic E-state index is 0.406. The van der Waals surface area contributed by atoms with Crippen LogP contribution in [0.1, 0.15) is 5.69 Å². The van der Waals surface area contributed by atoms with Gasteiger partial charge in [0.25, 0.3) is 0 Å². The number of ether oxygens (including phenoxy) is 1. The number of nitrogens with two attached hydrogens (primary N) is 1. The Morgan fingerprint density at radius 3 is 2.79 bits per heavy atom. The van der Waals surface area contributed by atoms with Crippen molar-refractivity contribution in [1.82, 2.24) is 9.38 Å². The van der Waals surface area contributed by atoms with Crippen LogP contribution < -0.4 is 10.5 Å². The van der Waals surface area contributed by atoms with Crippen LogP contribution in [0, 0.1) is 0 Å². The van der Waals surface area contributed by atoms with Crippen LogP contribution in [0.4, 0.5) is 5.69 Å². The van der Waals surface area contributed by atoms with Crippen molar-refractivity contribution in [1.29, 1.82) is 0 Å². The SMILES string of the molecule is Nc1ccn2cc(COc3ccc(Cl)cc3)nc2c1. The molecule has 3 rings (SSSR count). The van der Waals surface area contributed by atoms with Crippen molar-refractivity contribution in [3.05, 3.63) is 59.5 Å². The zero-order chi connectivity index (χ0) is 13.2. The lowest BCUT2D eigenvalue weighted by atomic mass is 10.3. The van der Waals surface area contributed by atoms with Gasteiger partial charge in [0, 0.05) is 29.2 Å². The lowest BCUT2D eigenvalue weighted by Crippen LogP contribution is -1.95. The Morgan fingerprint density at radius 1 is 1.21 bits per heavy atom. The predicted molar refractivity (Wildman–Crippen MR) is 75.4 cm³/mol. The zero-order valence-corrected chi connectivity index (χ0v) is 10.8. The maximum atomic E-state index is 5.81. The van der Waals surface area contributed by atoms with Gasteiger partial charge in [-0.2, -0.15) is 0 Å². The summed E-state index contributed by atoms with van der Waals surface area (Å²) in [6.45, 7) is 0.406. The van der Waals surface area contributed by atoms with Crippen molar-refractivity contribution >= 4 is 22.9 Å². The zero-order valence-electron chi connectivity index (χ0n) is 10.1. The van der Waals surface area contributed by atoms with Crippen molar-refractivity contribution in [2.24, 2.45) is 0 Å². The number of halogens is 1.